The van der Waals surface area contributed by atoms with E-state index in [1.807, 2.05) is 0 Å². The molecule has 2 heterocycles. The highest BCUT2D eigenvalue weighted by molar-refractivity contribution is 5.89. The van der Waals surface area contributed by atoms with Gasteiger partial charge in [-0.2, -0.15) is 5.10 Å². The lowest BCUT2D eigenvalue weighted by Crippen LogP contribution is -2.14. The van der Waals surface area contributed by atoms with Crippen LogP contribution in [0.15, 0.2) is 0 Å². The smallest absolute Gasteiger partial charge is 0.356 e. The van der Waals surface area contributed by atoms with Crippen molar-refractivity contribution in [3.63, 3.8) is 0 Å². The Bertz CT molecular complexity index is 357. The van der Waals surface area contributed by atoms with E-state index in [4.69, 9.17) is 5.11 Å². The molecule has 1 aromatic heterocycles. The minimum absolute atomic E-state index is 0.185. The molecular weight excluding hydrogens is 170 g/mol. The summed E-state index contributed by atoms with van der Waals surface area (Å²) in [5.74, 6) is -0.0933. The van der Waals surface area contributed by atoms with Crippen molar-refractivity contribution in [2.45, 2.75) is 12.8 Å². The van der Waals surface area contributed by atoms with Crippen LogP contribution in [0.5, 0.6) is 0 Å². The zero-order chi connectivity index (χ0) is 9.42. The minimum atomic E-state index is -0.944. The highest BCUT2D eigenvalue weighted by Gasteiger charge is 2.22. The zero-order valence-corrected chi connectivity index (χ0v) is 7.37. The molecule has 70 valence electrons. The van der Waals surface area contributed by atoms with Crippen LogP contribution in [0.2, 0.25) is 0 Å². The van der Waals surface area contributed by atoms with Crippen LogP contribution < -0.4 is 5.32 Å². The molecule has 0 bridgehead atoms. The van der Waals surface area contributed by atoms with Crippen molar-refractivity contribution in [1.82, 2.24) is 9.78 Å². The first-order valence-corrected chi connectivity index (χ1v) is 4.23. The van der Waals surface area contributed by atoms with Crippen LogP contribution in [0, 0.1) is 0 Å². The Balaban J connectivity index is 2.53. The number of aryl methyl sites for hydroxylation is 1. The van der Waals surface area contributed by atoms with Crippen LogP contribution in [0.25, 0.3) is 0 Å². The maximum atomic E-state index is 10.8. The molecule has 5 nitrogen and oxygen atoms in total. The third-order valence-electron chi connectivity index (χ3n) is 2.24. The van der Waals surface area contributed by atoms with E-state index in [0.717, 1.165) is 30.8 Å². The number of nitrogens with one attached hydrogen (secondary N) is 1. The van der Waals surface area contributed by atoms with Gasteiger partial charge in [0.1, 0.15) is 5.82 Å². The van der Waals surface area contributed by atoms with E-state index in [2.05, 4.69) is 10.4 Å². The summed E-state index contributed by atoms with van der Waals surface area (Å²) < 4.78 is 1.60. The van der Waals surface area contributed by atoms with Gasteiger partial charge in [0.2, 0.25) is 0 Å². The first kappa shape index (κ1) is 8.10. The van der Waals surface area contributed by atoms with Gasteiger partial charge in [0.25, 0.3) is 0 Å². The molecule has 1 aliphatic rings. The number of fused-ring (bicyclic) bond motifs is 1. The molecule has 0 aromatic carbocycles. The van der Waals surface area contributed by atoms with E-state index < -0.39 is 5.97 Å². The third-order valence-corrected chi connectivity index (χ3v) is 2.24. The number of rotatable bonds is 1. The number of carbonyl (C=O) groups is 1. The Morgan fingerprint density at radius 2 is 2.46 bits per heavy atom. The summed E-state index contributed by atoms with van der Waals surface area (Å²) in [5.41, 5.74) is 1.02. The molecule has 0 amide bonds. The van der Waals surface area contributed by atoms with Gasteiger partial charge in [-0.05, 0) is 12.8 Å². The minimum Gasteiger partial charge on any atom is -0.476 e. The fourth-order valence-electron chi connectivity index (χ4n) is 1.67. The number of anilines is 1. The average molecular weight is 181 g/mol. The van der Waals surface area contributed by atoms with Crippen LogP contribution in [-0.2, 0) is 13.5 Å². The van der Waals surface area contributed by atoms with Gasteiger partial charge in [-0.1, -0.05) is 0 Å². The Labute approximate surface area is 75.4 Å². The second-order valence-corrected chi connectivity index (χ2v) is 3.13. The van der Waals surface area contributed by atoms with Gasteiger partial charge in [-0.15, -0.1) is 0 Å². The molecule has 0 radical (unpaired) electrons. The standard InChI is InChI=1S/C8H11N3O2/c1-11-7-5(3-2-4-9-7)6(10-11)8(12)13/h9H,2-4H2,1H3,(H,12,13). The van der Waals surface area contributed by atoms with Gasteiger partial charge in [0, 0.05) is 19.2 Å². The first-order valence-electron chi connectivity index (χ1n) is 4.23. The van der Waals surface area contributed by atoms with E-state index in [9.17, 15) is 4.79 Å². The molecule has 0 spiro atoms. The van der Waals surface area contributed by atoms with Crippen molar-refractivity contribution in [2.75, 3.05) is 11.9 Å². The number of hydrogen-bond acceptors (Lipinski definition) is 3. The monoisotopic (exact) mass is 181 g/mol. The molecule has 0 saturated carbocycles. The summed E-state index contributed by atoms with van der Waals surface area (Å²) >= 11 is 0. The maximum absolute atomic E-state index is 10.8. The predicted molar refractivity (Wildman–Crippen MR) is 47.0 cm³/mol. The fraction of sp³-hybridized carbons (Fsp3) is 0.500. The van der Waals surface area contributed by atoms with Gasteiger partial charge in [0.05, 0.1) is 0 Å². The molecule has 0 atom stereocenters. The van der Waals surface area contributed by atoms with Crippen LogP contribution >= 0.6 is 0 Å². The lowest BCUT2D eigenvalue weighted by Gasteiger charge is -2.14. The van der Waals surface area contributed by atoms with Crippen molar-refractivity contribution in [3.05, 3.63) is 11.3 Å². The average Bonchev–Trinajstić information content (AvgIpc) is 2.45. The molecule has 0 fully saturated rings. The van der Waals surface area contributed by atoms with E-state index >= 15 is 0 Å². The van der Waals surface area contributed by atoms with Crippen molar-refractivity contribution < 1.29 is 9.90 Å². The Kier molecular flexibility index (Phi) is 1.72. The number of aromatic nitrogens is 2. The van der Waals surface area contributed by atoms with Crippen LogP contribution in [0.1, 0.15) is 22.5 Å². The fourth-order valence-corrected chi connectivity index (χ4v) is 1.67. The molecule has 2 rings (SSSR count). The van der Waals surface area contributed by atoms with Gasteiger partial charge in [-0.25, -0.2) is 4.79 Å². The zero-order valence-electron chi connectivity index (χ0n) is 7.37. The number of nitrogens with zero attached hydrogens (tertiary/aromatic N) is 2. The molecule has 1 aliphatic heterocycles. The highest BCUT2D eigenvalue weighted by atomic mass is 16.4. The molecule has 1 aromatic rings. The lowest BCUT2D eigenvalue weighted by atomic mass is 10.1. The molecule has 13 heavy (non-hydrogen) atoms. The summed E-state index contributed by atoms with van der Waals surface area (Å²) in [6.45, 7) is 0.894. The second-order valence-electron chi connectivity index (χ2n) is 3.13. The third kappa shape index (κ3) is 1.16. The van der Waals surface area contributed by atoms with Crippen molar-refractivity contribution in [3.8, 4) is 0 Å². The predicted octanol–water partition coefficient (Wildman–Crippen LogP) is 0.476. The van der Waals surface area contributed by atoms with E-state index in [1.165, 1.54) is 0 Å². The van der Waals surface area contributed by atoms with Crippen LogP contribution in [0.3, 0.4) is 0 Å². The van der Waals surface area contributed by atoms with Crippen molar-refractivity contribution in [2.24, 2.45) is 7.05 Å². The number of hydrogen-bond donors (Lipinski definition) is 2. The summed E-state index contributed by atoms with van der Waals surface area (Å²) in [5, 5.41) is 15.9. The summed E-state index contributed by atoms with van der Waals surface area (Å²) in [4.78, 5) is 10.8. The van der Waals surface area contributed by atoms with E-state index in [-0.39, 0.29) is 5.69 Å². The van der Waals surface area contributed by atoms with Gasteiger partial charge in [0.15, 0.2) is 5.69 Å². The normalized spacial score (nSPS) is 14.8. The molecule has 0 aliphatic carbocycles. The summed E-state index contributed by atoms with van der Waals surface area (Å²) in [7, 11) is 1.75. The highest BCUT2D eigenvalue weighted by Crippen LogP contribution is 2.24. The largest absolute Gasteiger partial charge is 0.476 e. The quantitative estimate of drug-likeness (QED) is 0.661. The van der Waals surface area contributed by atoms with E-state index in [0.29, 0.717) is 0 Å². The van der Waals surface area contributed by atoms with Gasteiger partial charge < -0.3 is 10.4 Å². The first-order chi connectivity index (χ1) is 6.20. The molecule has 0 unspecified atom stereocenters. The number of aromatic carboxylic acids is 1. The Hall–Kier alpha value is -1.52. The summed E-state index contributed by atoms with van der Waals surface area (Å²) in [6, 6.07) is 0. The molecule has 2 N–H and O–H groups in total. The lowest BCUT2D eigenvalue weighted by molar-refractivity contribution is 0.0688. The van der Waals surface area contributed by atoms with Gasteiger partial charge >= 0.3 is 5.97 Å². The SMILES string of the molecule is Cn1nc(C(=O)O)c2c1NCCC2. The Morgan fingerprint density at radius 1 is 1.69 bits per heavy atom. The topological polar surface area (TPSA) is 67.2 Å². The molecule has 0 saturated heterocycles. The van der Waals surface area contributed by atoms with Gasteiger partial charge in [-0.3, -0.25) is 4.68 Å². The Morgan fingerprint density at radius 3 is 3.15 bits per heavy atom. The molecule has 5 heteroatoms. The van der Waals surface area contributed by atoms with Crippen LogP contribution in [-0.4, -0.2) is 27.4 Å². The van der Waals surface area contributed by atoms with Crippen molar-refractivity contribution >= 4 is 11.8 Å². The second kappa shape index (κ2) is 2.76. The maximum Gasteiger partial charge on any atom is 0.356 e. The van der Waals surface area contributed by atoms with E-state index in [1.54, 1.807) is 11.7 Å². The molecular formula is C8H11N3O2. The van der Waals surface area contributed by atoms with Crippen LogP contribution in [0.4, 0.5) is 5.82 Å². The number of carboxylic acid groups (broad SMARTS) is 1. The van der Waals surface area contributed by atoms with Crippen molar-refractivity contribution in [1.29, 1.82) is 0 Å². The number of carboxylic acids is 1. The summed E-state index contributed by atoms with van der Waals surface area (Å²) in [6.07, 6.45) is 1.77.